The Labute approximate surface area is 259 Å². The molecule has 228 valence electrons. The average Bonchev–Trinajstić information content (AvgIpc) is 3.24. The highest BCUT2D eigenvalue weighted by atomic mass is 32.2. The van der Waals surface area contributed by atoms with Gasteiger partial charge in [0.2, 0.25) is 11.8 Å². The number of carboxylic acid groups (broad SMARTS) is 1. The molecule has 3 atom stereocenters. The number of imide groups is 1. The van der Waals surface area contributed by atoms with Gasteiger partial charge in [-0.3, -0.25) is 24.0 Å². The van der Waals surface area contributed by atoms with E-state index >= 15 is 0 Å². The van der Waals surface area contributed by atoms with Crippen LogP contribution in [-0.4, -0.2) is 51.9 Å². The van der Waals surface area contributed by atoms with Crippen LogP contribution >= 0.6 is 11.8 Å². The normalized spacial score (nSPS) is 14.5. The summed E-state index contributed by atoms with van der Waals surface area (Å²) in [5.41, 5.74) is 1.83. The third-order valence-electron chi connectivity index (χ3n) is 6.98. The summed E-state index contributed by atoms with van der Waals surface area (Å²) in [5, 5.41) is 13.6. The number of nitrogens with zero attached hydrogens (tertiary/aromatic N) is 1. The molecule has 0 spiro atoms. The largest absolute Gasteiger partial charge is 0.480 e. The lowest BCUT2D eigenvalue weighted by Crippen LogP contribution is -2.53. The highest BCUT2D eigenvalue weighted by Crippen LogP contribution is 2.34. The molecule has 0 fully saturated rings. The average molecular weight is 616 g/mol. The molecular weight excluding hydrogens is 582 g/mol. The van der Waals surface area contributed by atoms with Crippen LogP contribution in [0.1, 0.15) is 64.3 Å². The molecule has 44 heavy (non-hydrogen) atoms. The quantitative estimate of drug-likeness (QED) is 0.257. The zero-order valence-electron chi connectivity index (χ0n) is 24.5. The second-order valence-corrected chi connectivity index (χ2v) is 12.1. The first kappa shape index (κ1) is 32.2. The molecule has 4 amide bonds. The maximum atomic E-state index is 13.7. The molecule has 10 nitrogen and oxygen atoms in total. The van der Waals surface area contributed by atoms with Crippen molar-refractivity contribution in [1.29, 1.82) is 0 Å². The van der Waals surface area contributed by atoms with Crippen molar-refractivity contribution < 1.29 is 33.9 Å². The molecule has 0 aromatic heterocycles. The van der Waals surface area contributed by atoms with Gasteiger partial charge in [-0.1, -0.05) is 80.2 Å². The number of benzene rings is 3. The number of carbonyl (C=O) groups excluding carboxylic acids is 5. The van der Waals surface area contributed by atoms with E-state index in [1.165, 1.54) is 13.0 Å². The lowest BCUT2D eigenvalue weighted by molar-refractivity contribution is -0.142. The second kappa shape index (κ2) is 14.1. The fourth-order valence-electron chi connectivity index (χ4n) is 4.96. The van der Waals surface area contributed by atoms with E-state index in [9.17, 15) is 33.9 Å². The monoisotopic (exact) mass is 615 g/mol. The number of hydrogen-bond donors (Lipinski definition) is 3. The molecule has 0 bridgehead atoms. The highest BCUT2D eigenvalue weighted by molar-refractivity contribution is 8.14. The summed E-state index contributed by atoms with van der Waals surface area (Å²) >= 11 is 0.729. The molecule has 1 heterocycles. The third kappa shape index (κ3) is 7.59. The maximum Gasteiger partial charge on any atom is 0.326 e. The van der Waals surface area contributed by atoms with Gasteiger partial charge in [-0.25, -0.2) is 9.69 Å². The Bertz CT molecular complexity index is 1560. The van der Waals surface area contributed by atoms with Gasteiger partial charge in [0.1, 0.15) is 17.3 Å². The number of thioether (sulfide) groups is 1. The number of aliphatic carboxylic acids is 1. The van der Waals surface area contributed by atoms with Gasteiger partial charge in [0.05, 0.1) is 16.8 Å². The minimum Gasteiger partial charge on any atom is -0.480 e. The van der Waals surface area contributed by atoms with Crippen LogP contribution < -0.4 is 15.5 Å². The molecule has 11 heteroatoms. The standard InChI is InChI=1S/C33H33N3O7S/c1-19(2)16-26(29(38)35-27(33(42)43)17-21-10-5-4-6-11-21)34-30(39)28(44-20(3)37)22-12-9-13-23(18-22)36-31(40)24-14-7-8-15-25(24)32(36)41/h4-15,18-19,26-28H,16-17H2,1-3H3,(H,34,39)(H,35,38)(H,42,43)/t26?,27-,28?/m0/s1. The minimum atomic E-state index is -1.23. The van der Waals surface area contributed by atoms with Crippen molar-refractivity contribution in [3.63, 3.8) is 0 Å². The van der Waals surface area contributed by atoms with Gasteiger partial charge in [0.15, 0.2) is 5.12 Å². The lowest BCUT2D eigenvalue weighted by Gasteiger charge is -2.25. The molecule has 0 saturated carbocycles. The van der Waals surface area contributed by atoms with Gasteiger partial charge >= 0.3 is 5.97 Å². The van der Waals surface area contributed by atoms with Crippen LogP contribution in [0.25, 0.3) is 0 Å². The van der Waals surface area contributed by atoms with E-state index in [-0.39, 0.29) is 40.7 Å². The van der Waals surface area contributed by atoms with E-state index in [2.05, 4.69) is 10.6 Å². The number of carboxylic acids is 1. The molecule has 0 saturated heterocycles. The molecule has 3 aromatic carbocycles. The molecule has 4 rings (SSSR count). The summed E-state index contributed by atoms with van der Waals surface area (Å²) in [4.78, 5) is 78.4. The second-order valence-electron chi connectivity index (χ2n) is 10.9. The molecular formula is C33H33N3O7S. The summed E-state index contributed by atoms with van der Waals surface area (Å²) in [6.45, 7) is 5.02. The smallest absolute Gasteiger partial charge is 0.326 e. The van der Waals surface area contributed by atoms with E-state index in [0.29, 0.717) is 5.56 Å². The number of anilines is 1. The topological polar surface area (TPSA) is 150 Å². The number of hydrogen-bond acceptors (Lipinski definition) is 7. The lowest BCUT2D eigenvalue weighted by atomic mass is 10.0. The summed E-state index contributed by atoms with van der Waals surface area (Å²) in [6, 6.07) is 19.2. The van der Waals surface area contributed by atoms with Crippen LogP contribution in [-0.2, 0) is 25.6 Å². The molecule has 1 aliphatic heterocycles. The fourth-order valence-corrected chi connectivity index (χ4v) is 5.75. The predicted octanol–water partition coefficient (Wildman–Crippen LogP) is 4.15. The number of carbonyl (C=O) groups is 6. The van der Waals surface area contributed by atoms with E-state index in [4.69, 9.17) is 0 Å². The van der Waals surface area contributed by atoms with Crippen molar-refractivity contribution in [2.24, 2.45) is 5.92 Å². The van der Waals surface area contributed by atoms with Crippen LogP contribution in [0.2, 0.25) is 0 Å². The molecule has 1 aliphatic rings. The number of nitrogens with one attached hydrogen (secondary N) is 2. The van der Waals surface area contributed by atoms with Crippen molar-refractivity contribution in [3.8, 4) is 0 Å². The Morgan fingerprint density at radius 1 is 0.795 bits per heavy atom. The van der Waals surface area contributed by atoms with Crippen LogP contribution in [0.3, 0.4) is 0 Å². The Morgan fingerprint density at radius 2 is 1.39 bits per heavy atom. The summed E-state index contributed by atoms with van der Waals surface area (Å²) < 4.78 is 0. The van der Waals surface area contributed by atoms with Gasteiger partial charge in [-0.05, 0) is 47.7 Å². The van der Waals surface area contributed by atoms with Crippen LogP contribution in [0, 0.1) is 5.92 Å². The zero-order valence-corrected chi connectivity index (χ0v) is 25.3. The van der Waals surface area contributed by atoms with Crippen molar-refractivity contribution in [2.75, 3.05) is 4.90 Å². The Balaban J connectivity index is 1.57. The molecule has 2 unspecified atom stereocenters. The first-order chi connectivity index (χ1) is 21.0. The Morgan fingerprint density at radius 3 is 1.95 bits per heavy atom. The van der Waals surface area contributed by atoms with E-state index in [1.54, 1.807) is 72.8 Å². The number of fused-ring (bicyclic) bond motifs is 1. The van der Waals surface area contributed by atoms with Gasteiger partial charge in [-0.2, -0.15) is 0 Å². The molecule has 0 aliphatic carbocycles. The molecule has 3 N–H and O–H groups in total. The summed E-state index contributed by atoms with van der Waals surface area (Å²) in [6.07, 6.45) is 0.263. The van der Waals surface area contributed by atoms with E-state index < -0.39 is 46.9 Å². The first-order valence-corrected chi connectivity index (χ1v) is 15.0. The third-order valence-corrected chi connectivity index (χ3v) is 8.04. The fraction of sp³-hybridized carbons (Fsp3) is 0.273. The van der Waals surface area contributed by atoms with E-state index in [0.717, 1.165) is 22.2 Å². The van der Waals surface area contributed by atoms with Crippen molar-refractivity contribution in [3.05, 3.63) is 101 Å². The van der Waals surface area contributed by atoms with Crippen LogP contribution in [0.4, 0.5) is 5.69 Å². The van der Waals surface area contributed by atoms with Gasteiger partial charge in [0, 0.05) is 13.3 Å². The summed E-state index contributed by atoms with van der Waals surface area (Å²) in [5.74, 6) is -3.58. The Kier molecular flexibility index (Phi) is 10.3. The number of amides is 4. The number of rotatable bonds is 12. The van der Waals surface area contributed by atoms with Crippen molar-refractivity contribution in [1.82, 2.24) is 10.6 Å². The molecule has 3 aromatic rings. The van der Waals surface area contributed by atoms with Crippen molar-refractivity contribution >= 4 is 52.2 Å². The maximum absolute atomic E-state index is 13.7. The first-order valence-electron chi connectivity index (χ1n) is 14.1. The van der Waals surface area contributed by atoms with Crippen LogP contribution in [0.5, 0.6) is 0 Å². The van der Waals surface area contributed by atoms with Crippen molar-refractivity contribution in [2.45, 2.75) is 50.9 Å². The van der Waals surface area contributed by atoms with Crippen LogP contribution in [0.15, 0.2) is 78.9 Å². The minimum absolute atomic E-state index is 0.0421. The summed E-state index contributed by atoms with van der Waals surface area (Å²) in [7, 11) is 0. The zero-order chi connectivity index (χ0) is 32.0. The van der Waals surface area contributed by atoms with Gasteiger partial charge in [0.25, 0.3) is 11.8 Å². The Hall–Kier alpha value is -4.77. The SMILES string of the molecule is CC(=O)SC(C(=O)NC(CC(C)C)C(=O)N[C@@H](Cc1ccccc1)C(=O)O)c1cccc(N2C(=O)c3ccccc3C2=O)c1. The van der Waals surface area contributed by atoms with Gasteiger partial charge in [-0.15, -0.1) is 0 Å². The van der Waals surface area contributed by atoms with E-state index in [1.807, 2.05) is 13.8 Å². The molecule has 0 radical (unpaired) electrons. The van der Waals surface area contributed by atoms with Gasteiger partial charge < -0.3 is 15.7 Å². The predicted molar refractivity (Wildman–Crippen MR) is 166 cm³/mol. The highest BCUT2D eigenvalue weighted by Gasteiger charge is 2.37.